The average molecular weight is 266 g/mol. The number of rotatable bonds is 6. The van der Waals surface area contributed by atoms with Crippen molar-refractivity contribution in [1.29, 1.82) is 0 Å². The van der Waals surface area contributed by atoms with Crippen LogP contribution in [0.15, 0.2) is 18.2 Å². The SMILES string of the molecule is CCN(CC)C(=O)C(C)NCc1ccc(O)cc1O. The van der Waals surface area contributed by atoms with Crippen LogP contribution < -0.4 is 5.32 Å². The minimum absolute atomic E-state index is 0.0218. The number of phenolic OH excluding ortho intramolecular Hbond substituents is 2. The van der Waals surface area contributed by atoms with E-state index < -0.39 is 0 Å². The molecular formula is C14H22N2O3. The Kier molecular flexibility index (Phi) is 5.63. The highest BCUT2D eigenvalue weighted by Crippen LogP contribution is 2.22. The summed E-state index contributed by atoms with van der Waals surface area (Å²) in [7, 11) is 0. The van der Waals surface area contributed by atoms with Crippen LogP contribution in [0.25, 0.3) is 0 Å². The summed E-state index contributed by atoms with van der Waals surface area (Å²) in [5, 5.41) is 21.9. The van der Waals surface area contributed by atoms with Crippen LogP contribution >= 0.6 is 0 Å². The number of phenols is 2. The minimum atomic E-state index is -0.312. The van der Waals surface area contributed by atoms with E-state index in [-0.39, 0.29) is 23.4 Å². The fourth-order valence-corrected chi connectivity index (χ4v) is 1.86. The van der Waals surface area contributed by atoms with Crippen molar-refractivity contribution < 1.29 is 15.0 Å². The molecule has 1 atom stereocenters. The predicted molar refractivity (Wildman–Crippen MR) is 74.0 cm³/mol. The first-order chi connectivity index (χ1) is 8.99. The third kappa shape index (κ3) is 4.13. The zero-order valence-electron chi connectivity index (χ0n) is 11.7. The Balaban J connectivity index is 2.58. The first-order valence-electron chi connectivity index (χ1n) is 6.52. The van der Waals surface area contributed by atoms with E-state index in [2.05, 4.69) is 5.32 Å². The van der Waals surface area contributed by atoms with E-state index in [1.807, 2.05) is 13.8 Å². The quantitative estimate of drug-likeness (QED) is 0.728. The molecule has 0 saturated heterocycles. The summed E-state index contributed by atoms with van der Waals surface area (Å²) in [6.07, 6.45) is 0. The molecule has 0 saturated carbocycles. The molecule has 1 unspecified atom stereocenters. The van der Waals surface area contributed by atoms with Gasteiger partial charge in [0.15, 0.2) is 0 Å². The molecule has 0 spiro atoms. The maximum Gasteiger partial charge on any atom is 0.239 e. The number of carbonyl (C=O) groups excluding carboxylic acids is 1. The molecule has 0 fully saturated rings. The highest BCUT2D eigenvalue weighted by Gasteiger charge is 2.17. The number of nitrogens with zero attached hydrogens (tertiary/aromatic N) is 1. The summed E-state index contributed by atoms with van der Waals surface area (Å²) in [4.78, 5) is 13.8. The molecule has 1 aromatic rings. The molecule has 0 aliphatic heterocycles. The fourth-order valence-electron chi connectivity index (χ4n) is 1.86. The first kappa shape index (κ1) is 15.3. The van der Waals surface area contributed by atoms with Gasteiger partial charge in [0.2, 0.25) is 5.91 Å². The van der Waals surface area contributed by atoms with Gasteiger partial charge < -0.3 is 20.4 Å². The lowest BCUT2D eigenvalue weighted by molar-refractivity contribution is -0.132. The van der Waals surface area contributed by atoms with E-state index in [1.165, 1.54) is 12.1 Å². The molecule has 1 rings (SSSR count). The highest BCUT2D eigenvalue weighted by atomic mass is 16.3. The van der Waals surface area contributed by atoms with Crippen LogP contribution in [0.1, 0.15) is 26.3 Å². The van der Waals surface area contributed by atoms with Crippen LogP contribution in [0, 0.1) is 0 Å². The normalized spacial score (nSPS) is 12.2. The number of nitrogens with one attached hydrogen (secondary N) is 1. The van der Waals surface area contributed by atoms with E-state index in [4.69, 9.17) is 0 Å². The van der Waals surface area contributed by atoms with Crippen molar-refractivity contribution in [3.63, 3.8) is 0 Å². The zero-order chi connectivity index (χ0) is 14.4. The summed E-state index contributed by atoms with van der Waals surface area (Å²) >= 11 is 0. The van der Waals surface area contributed by atoms with Crippen molar-refractivity contribution in [3.8, 4) is 11.5 Å². The molecule has 5 nitrogen and oxygen atoms in total. The second-order valence-electron chi connectivity index (χ2n) is 4.43. The Morgan fingerprint density at radius 3 is 2.47 bits per heavy atom. The van der Waals surface area contributed by atoms with Gasteiger partial charge in [-0.05, 0) is 26.8 Å². The monoisotopic (exact) mass is 266 g/mol. The van der Waals surface area contributed by atoms with Gasteiger partial charge in [0.1, 0.15) is 11.5 Å². The molecule has 3 N–H and O–H groups in total. The third-order valence-corrected chi connectivity index (χ3v) is 3.11. The first-order valence-corrected chi connectivity index (χ1v) is 6.52. The van der Waals surface area contributed by atoms with Crippen molar-refractivity contribution in [2.24, 2.45) is 0 Å². The van der Waals surface area contributed by atoms with Crippen LogP contribution in [0.2, 0.25) is 0 Å². The third-order valence-electron chi connectivity index (χ3n) is 3.11. The number of likely N-dealkylation sites (N-methyl/N-ethyl adjacent to an activating group) is 1. The molecule has 106 valence electrons. The standard InChI is InChI=1S/C14H22N2O3/c1-4-16(5-2)14(19)10(3)15-9-11-6-7-12(17)8-13(11)18/h6-8,10,15,17-18H,4-5,9H2,1-3H3. The van der Waals surface area contributed by atoms with Crippen molar-refractivity contribution in [3.05, 3.63) is 23.8 Å². The molecule has 1 amide bonds. The van der Waals surface area contributed by atoms with Gasteiger partial charge >= 0.3 is 0 Å². The summed E-state index contributed by atoms with van der Waals surface area (Å²) in [5.74, 6) is 0.0896. The lowest BCUT2D eigenvalue weighted by atomic mass is 10.1. The molecule has 0 aliphatic rings. The largest absolute Gasteiger partial charge is 0.508 e. The van der Waals surface area contributed by atoms with Crippen molar-refractivity contribution >= 4 is 5.91 Å². The number of hydrogen-bond donors (Lipinski definition) is 3. The number of carbonyl (C=O) groups is 1. The topological polar surface area (TPSA) is 72.8 Å². The van der Waals surface area contributed by atoms with Crippen molar-refractivity contribution in [2.75, 3.05) is 13.1 Å². The highest BCUT2D eigenvalue weighted by molar-refractivity contribution is 5.81. The van der Waals surface area contributed by atoms with Gasteiger partial charge in [-0.2, -0.15) is 0 Å². The zero-order valence-corrected chi connectivity index (χ0v) is 11.7. The molecule has 0 bridgehead atoms. The Morgan fingerprint density at radius 2 is 1.95 bits per heavy atom. The summed E-state index contributed by atoms with van der Waals surface area (Å²) in [6.45, 7) is 7.44. The van der Waals surface area contributed by atoms with Crippen molar-refractivity contribution in [1.82, 2.24) is 10.2 Å². The van der Waals surface area contributed by atoms with Crippen LogP contribution in [0.3, 0.4) is 0 Å². The lowest BCUT2D eigenvalue weighted by Gasteiger charge is -2.23. The molecule has 1 aromatic carbocycles. The molecule has 5 heteroatoms. The molecule has 19 heavy (non-hydrogen) atoms. The smallest absolute Gasteiger partial charge is 0.239 e. The van der Waals surface area contributed by atoms with E-state index in [9.17, 15) is 15.0 Å². The van der Waals surface area contributed by atoms with Crippen LogP contribution in [-0.4, -0.2) is 40.2 Å². The number of aromatic hydroxyl groups is 2. The fraction of sp³-hybridized carbons (Fsp3) is 0.500. The molecule has 0 aromatic heterocycles. The van der Waals surface area contributed by atoms with E-state index in [1.54, 1.807) is 17.9 Å². The predicted octanol–water partition coefficient (Wildman–Crippen LogP) is 1.44. The average Bonchev–Trinajstić information content (AvgIpc) is 2.38. The molecule has 0 heterocycles. The molecular weight excluding hydrogens is 244 g/mol. The van der Waals surface area contributed by atoms with Gasteiger partial charge in [0.05, 0.1) is 6.04 Å². The van der Waals surface area contributed by atoms with E-state index >= 15 is 0 Å². The summed E-state index contributed by atoms with van der Waals surface area (Å²) < 4.78 is 0. The second kappa shape index (κ2) is 6.99. The molecule has 0 radical (unpaired) electrons. The maximum atomic E-state index is 12.0. The maximum absolute atomic E-state index is 12.0. The number of hydrogen-bond acceptors (Lipinski definition) is 4. The summed E-state index contributed by atoms with van der Waals surface area (Å²) in [6, 6.07) is 4.11. The van der Waals surface area contributed by atoms with E-state index in [0.29, 0.717) is 25.2 Å². The minimum Gasteiger partial charge on any atom is -0.508 e. The molecule has 0 aliphatic carbocycles. The van der Waals surface area contributed by atoms with Gasteiger partial charge in [0.25, 0.3) is 0 Å². The lowest BCUT2D eigenvalue weighted by Crippen LogP contribution is -2.44. The van der Waals surface area contributed by atoms with Crippen LogP contribution in [0.5, 0.6) is 11.5 Å². The van der Waals surface area contributed by atoms with Gasteiger partial charge in [-0.15, -0.1) is 0 Å². The number of benzene rings is 1. The summed E-state index contributed by atoms with van der Waals surface area (Å²) in [5.41, 5.74) is 0.650. The van der Waals surface area contributed by atoms with Crippen molar-refractivity contribution in [2.45, 2.75) is 33.4 Å². The van der Waals surface area contributed by atoms with Gasteiger partial charge in [-0.3, -0.25) is 4.79 Å². The Hall–Kier alpha value is -1.75. The van der Waals surface area contributed by atoms with E-state index in [0.717, 1.165) is 0 Å². The van der Waals surface area contributed by atoms with Gasteiger partial charge in [-0.1, -0.05) is 6.07 Å². The van der Waals surface area contributed by atoms with Gasteiger partial charge in [0, 0.05) is 31.3 Å². The Bertz CT molecular complexity index is 431. The Morgan fingerprint density at radius 1 is 1.32 bits per heavy atom. The van der Waals surface area contributed by atoms with Gasteiger partial charge in [-0.25, -0.2) is 0 Å². The second-order valence-corrected chi connectivity index (χ2v) is 4.43. The van der Waals surface area contributed by atoms with Crippen LogP contribution in [-0.2, 0) is 11.3 Å². The Labute approximate surface area is 113 Å². The van der Waals surface area contributed by atoms with Crippen LogP contribution in [0.4, 0.5) is 0 Å². The number of amides is 1.